The monoisotopic (exact) mass is 559 g/mol. The summed E-state index contributed by atoms with van der Waals surface area (Å²) in [6.45, 7) is 1.26. The van der Waals surface area contributed by atoms with Gasteiger partial charge in [0.1, 0.15) is 11.4 Å². The molecule has 6 rings (SSSR count). The maximum atomic E-state index is 12.8. The fraction of sp³-hybridized carbons (Fsp3) is 0.233. The normalized spacial score (nSPS) is 16.1. The van der Waals surface area contributed by atoms with Crippen LogP contribution in [0.2, 0.25) is 0 Å². The molecule has 0 spiro atoms. The van der Waals surface area contributed by atoms with Gasteiger partial charge in [-0.05, 0) is 67.1 Å². The van der Waals surface area contributed by atoms with Gasteiger partial charge in [0.15, 0.2) is 0 Å². The lowest BCUT2D eigenvalue weighted by Crippen LogP contribution is -2.24. The first kappa shape index (κ1) is 26.4. The van der Waals surface area contributed by atoms with E-state index in [9.17, 15) is 13.2 Å². The number of alkyl halides is 3. The highest BCUT2D eigenvalue weighted by atomic mass is 19.4. The van der Waals surface area contributed by atoms with E-state index >= 15 is 0 Å². The molecule has 2 aromatic rings. The van der Waals surface area contributed by atoms with Crippen molar-refractivity contribution in [3.63, 3.8) is 0 Å². The number of ether oxygens (including phenoxy) is 3. The van der Waals surface area contributed by atoms with Crippen molar-refractivity contribution < 1.29 is 27.4 Å². The lowest BCUT2D eigenvalue weighted by molar-refractivity contribution is -0.274. The van der Waals surface area contributed by atoms with Crippen LogP contribution in [-0.4, -0.2) is 48.1 Å². The molecule has 0 bridgehead atoms. The van der Waals surface area contributed by atoms with Gasteiger partial charge in [0, 0.05) is 30.8 Å². The Morgan fingerprint density at radius 1 is 1.07 bits per heavy atom. The van der Waals surface area contributed by atoms with E-state index in [0.717, 1.165) is 24.1 Å². The fourth-order valence-electron chi connectivity index (χ4n) is 4.83. The molecule has 0 aromatic heterocycles. The Hall–Kier alpha value is -4.82. The van der Waals surface area contributed by atoms with Gasteiger partial charge in [-0.3, -0.25) is 4.99 Å². The number of aromatic nitrogens is 2. The summed E-state index contributed by atoms with van der Waals surface area (Å²) in [6, 6.07) is 17.2. The Morgan fingerprint density at radius 2 is 1.85 bits per heavy atom. The number of hydrogen-bond acceptors (Lipinski definition) is 7. The third-order valence-electron chi connectivity index (χ3n) is 6.67. The largest absolute Gasteiger partial charge is 0.573 e. The van der Waals surface area contributed by atoms with E-state index in [1.54, 1.807) is 18.2 Å². The Bertz CT molecular complexity index is 1770. The molecule has 208 valence electrons. The van der Waals surface area contributed by atoms with Gasteiger partial charge in [-0.15, -0.1) is 13.2 Å². The third-order valence-corrected chi connectivity index (χ3v) is 6.67. The van der Waals surface area contributed by atoms with Crippen LogP contribution in [-0.2, 0) is 9.47 Å². The highest BCUT2D eigenvalue weighted by Gasteiger charge is 2.31. The van der Waals surface area contributed by atoms with Gasteiger partial charge in [0.2, 0.25) is 5.88 Å². The zero-order valence-electron chi connectivity index (χ0n) is 21.9. The smallest absolute Gasteiger partial charge is 0.479 e. The van der Waals surface area contributed by atoms with Gasteiger partial charge in [-0.2, -0.15) is 4.99 Å². The number of methoxy groups -OCH3 is 1. The molecule has 3 aliphatic heterocycles. The molecule has 4 aliphatic rings. The number of nitrogens with one attached hydrogen (secondary N) is 1. The minimum Gasteiger partial charge on any atom is -0.479 e. The van der Waals surface area contributed by atoms with Crippen LogP contribution in [0.4, 0.5) is 18.9 Å². The number of nitrogens with zero attached hydrogens (tertiary/aromatic N) is 4. The van der Waals surface area contributed by atoms with Crippen LogP contribution in [0, 0.1) is 0 Å². The van der Waals surface area contributed by atoms with Crippen molar-refractivity contribution in [1.82, 2.24) is 9.55 Å². The van der Waals surface area contributed by atoms with Crippen LogP contribution >= 0.6 is 0 Å². The molecule has 0 amide bonds. The average molecular weight is 560 g/mol. The number of benzene rings is 3. The maximum absolute atomic E-state index is 12.8. The molecular formula is C30H24F3N5O3. The molecule has 0 radical (unpaired) electrons. The van der Waals surface area contributed by atoms with E-state index in [4.69, 9.17) is 19.5 Å². The lowest BCUT2D eigenvalue weighted by Gasteiger charge is -2.22. The quantitative estimate of drug-likeness (QED) is 0.241. The molecule has 0 unspecified atom stereocenters. The third kappa shape index (κ3) is 5.73. The molecule has 0 saturated carbocycles. The summed E-state index contributed by atoms with van der Waals surface area (Å²) >= 11 is 0. The molecule has 1 N–H and O–H groups in total. The number of anilines is 1. The number of allylic oxidation sites excluding steroid dienone is 1. The summed E-state index contributed by atoms with van der Waals surface area (Å²) in [4.78, 5) is 14.1. The standard InChI is InChI=1S/C30H24F3N5O3/c1-39-29-23(6-4-14-34-29)37-24-17-26-28(18-25(24)35-19-12-15-40-16-13-19)38(27-7-3-2-5-22(27)36-26)20-8-10-21(11-9-20)41-30(31,32)33/h2-3,5-11,17-19,37H,12-13,15-16H2,1H3. The van der Waals surface area contributed by atoms with Crippen LogP contribution in [0.5, 0.6) is 5.75 Å². The lowest BCUT2D eigenvalue weighted by atomic mass is 10.1. The van der Waals surface area contributed by atoms with Crippen molar-refractivity contribution in [3.8, 4) is 22.8 Å². The van der Waals surface area contributed by atoms with Gasteiger partial charge in [-0.1, -0.05) is 12.1 Å². The van der Waals surface area contributed by atoms with Crippen molar-refractivity contribution in [3.05, 3.63) is 89.4 Å². The van der Waals surface area contributed by atoms with Crippen LogP contribution in [0.3, 0.4) is 0 Å². The first-order chi connectivity index (χ1) is 19.9. The van der Waals surface area contributed by atoms with Crippen molar-refractivity contribution in [2.24, 2.45) is 9.98 Å². The maximum Gasteiger partial charge on any atom is 0.573 e. The van der Waals surface area contributed by atoms with Crippen molar-refractivity contribution in [2.75, 3.05) is 25.6 Å². The first-order valence-corrected chi connectivity index (χ1v) is 12.9. The molecule has 2 aromatic carbocycles. The van der Waals surface area contributed by atoms with E-state index in [-0.39, 0.29) is 11.8 Å². The second kappa shape index (κ2) is 11.0. The zero-order chi connectivity index (χ0) is 28.4. The predicted octanol–water partition coefficient (Wildman–Crippen LogP) is 5.73. The first-order valence-electron chi connectivity index (χ1n) is 12.9. The second-order valence-electron chi connectivity index (χ2n) is 9.37. The molecule has 41 heavy (non-hydrogen) atoms. The Balaban J connectivity index is 1.56. The second-order valence-corrected chi connectivity index (χ2v) is 9.37. The van der Waals surface area contributed by atoms with Gasteiger partial charge in [0.25, 0.3) is 0 Å². The Morgan fingerprint density at radius 3 is 2.61 bits per heavy atom. The van der Waals surface area contributed by atoms with E-state index in [2.05, 4.69) is 26.6 Å². The minimum atomic E-state index is -4.78. The molecule has 3 heterocycles. The summed E-state index contributed by atoms with van der Waals surface area (Å²) in [5.41, 5.74) is 7.61. The molecular weight excluding hydrogens is 535 g/mol. The topological polar surface area (TPSA) is 82.3 Å². The van der Waals surface area contributed by atoms with Crippen LogP contribution in [0.15, 0.2) is 94.0 Å². The minimum absolute atomic E-state index is 0.0538. The summed E-state index contributed by atoms with van der Waals surface area (Å²) in [6.07, 6.45) is -1.52. The van der Waals surface area contributed by atoms with E-state index in [1.807, 2.05) is 41.0 Å². The van der Waals surface area contributed by atoms with Crippen LogP contribution < -0.4 is 15.4 Å². The number of para-hydroxylation sites is 2. The van der Waals surface area contributed by atoms with Crippen molar-refractivity contribution in [1.29, 1.82) is 0 Å². The molecule has 0 atom stereocenters. The zero-order valence-corrected chi connectivity index (χ0v) is 21.9. The summed E-state index contributed by atoms with van der Waals surface area (Å²) in [5, 5.41) is 4.06. The highest BCUT2D eigenvalue weighted by Crippen LogP contribution is 2.32. The molecule has 1 aliphatic carbocycles. The average Bonchev–Trinajstić information content (AvgIpc) is 2.97. The summed E-state index contributed by atoms with van der Waals surface area (Å²) in [7, 11) is 1.52. The summed E-state index contributed by atoms with van der Waals surface area (Å²) in [5.74, 6) is 2.70. The van der Waals surface area contributed by atoms with E-state index in [0.29, 0.717) is 52.7 Å². The number of halogens is 3. The number of hydrogen-bond donors (Lipinski definition) is 1. The van der Waals surface area contributed by atoms with E-state index in [1.165, 1.54) is 19.2 Å². The number of aliphatic imine (C=N–C) groups is 1. The van der Waals surface area contributed by atoms with E-state index < -0.39 is 6.36 Å². The summed E-state index contributed by atoms with van der Waals surface area (Å²) < 4.78 is 55.3. The highest BCUT2D eigenvalue weighted by molar-refractivity contribution is 5.84. The molecule has 11 heteroatoms. The molecule has 8 nitrogen and oxygen atoms in total. The SMILES string of the molecule is COC1=C(Nc2cc3nc4ccccc4n(-c4ccc(OC(F)(F)F)cc4)c-3cc2=NC2CCOCC2)C=C=C=N1. The fourth-order valence-corrected chi connectivity index (χ4v) is 4.83. The van der Waals surface area contributed by atoms with Crippen LogP contribution in [0.1, 0.15) is 12.8 Å². The van der Waals surface area contributed by atoms with Gasteiger partial charge in [0.05, 0.1) is 46.6 Å². The van der Waals surface area contributed by atoms with Crippen molar-refractivity contribution in [2.45, 2.75) is 25.2 Å². The van der Waals surface area contributed by atoms with Crippen LogP contribution in [0.25, 0.3) is 28.1 Å². The number of fused-ring (bicyclic) bond motifs is 2. The number of rotatable bonds is 6. The van der Waals surface area contributed by atoms with Gasteiger partial charge < -0.3 is 24.1 Å². The Kier molecular flexibility index (Phi) is 7.07. The Labute approximate surface area is 232 Å². The van der Waals surface area contributed by atoms with Gasteiger partial charge in [-0.25, -0.2) is 4.98 Å². The molecule has 1 saturated heterocycles. The van der Waals surface area contributed by atoms with Gasteiger partial charge >= 0.3 is 6.36 Å². The predicted molar refractivity (Wildman–Crippen MR) is 147 cm³/mol. The van der Waals surface area contributed by atoms with Crippen molar-refractivity contribution >= 4 is 22.6 Å². The molecule has 1 fully saturated rings.